The van der Waals surface area contributed by atoms with Crippen LogP contribution in [0, 0.1) is 5.92 Å². The Bertz CT molecular complexity index is 1840. The van der Waals surface area contributed by atoms with Gasteiger partial charge in [-0.05, 0) is 50.5 Å². The van der Waals surface area contributed by atoms with Crippen LogP contribution in [0.25, 0.3) is 0 Å². The average molecular weight is 798 g/mol. The van der Waals surface area contributed by atoms with Gasteiger partial charge in [-0.15, -0.1) is 5.10 Å². The molecule has 0 radical (unpaired) electrons. The summed E-state index contributed by atoms with van der Waals surface area (Å²) in [5.74, 6) is -8.18. The van der Waals surface area contributed by atoms with Crippen molar-refractivity contribution in [1.82, 2.24) is 30.5 Å². The molecule has 2 saturated heterocycles. The number of Topliss-reactive ketones (excluding diaryl/α,β-unsaturated/α-hetero) is 1. The van der Waals surface area contributed by atoms with Gasteiger partial charge >= 0.3 is 5.76 Å². The van der Waals surface area contributed by atoms with E-state index in [1.807, 2.05) is 0 Å². The molecule has 3 heterocycles. The molecule has 54 heavy (non-hydrogen) atoms. The molecule has 1 saturated carbocycles. The van der Waals surface area contributed by atoms with Gasteiger partial charge < -0.3 is 30.9 Å². The largest absolute Gasteiger partial charge is 0.616 e. The molecule has 0 spiro atoms. The van der Waals surface area contributed by atoms with Crippen molar-refractivity contribution in [3.05, 3.63) is 41.7 Å². The lowest BCUT2D eigenvalue weighted by Gasteiger charge is -2.38. The summed E-state index contributed by atoms with van der Waals surface area (Å²) >= 11 is -1.29. The predicted octanol–water partition coefficient (Wildman–Crippen LogP) is 0.865. The zero-order chi connectivity index (χ0) is 39.6. The maximum Gasteiger partial charge on any atom is 0.341 e. The van der Waals surface area contributed by atoms with Gasteiger partial charge in [0.2, 0.25) is 27.4 Å². The van der Waals surface area contributed by atoms with Crippen molar-refractivity contribution in [2.75, 3.05) is 18.1 Å². The van der Waals surface area contributed by atoms with Gasteiger partial charge in [-0.25, -0.2) is 13.1 Å². The van der Waals surface area contributed by atoms with Crippen molar-refractivity contribution in [3.63, 3.8) is 0 Å². The Labute approximate surface area is 314 Å². The Hall–Kier alpha value is -4.01. The van der Waals surface area contributed by atoms with E-state index in [9.17, 15) is 50.8 Å². The fourth-order valence-corrected chi connectivity index (χ4v) is 9.60. The summed E-state index contributed by atoms with van der Waals surface area (Å²) in [6.07, 6.45) is 5.60. The van der Waals surface area contributed by atoms with Crippen molar-refractivity contribution < 1.29 is 50.8 Å². The summed E-state index contributed by atoms with van der Waals surface area (Å²) in [6.45, 7) is 2.89. The molecule has 1 aromatic heterocycles. The molecule has 1 aromatic carbocycles. The van der Waals surface area contributed by atoms with Crippen LogP contribution in [-0.2, 0) is 45.8 Å². The first-order chi connectivity index (χ1) is 25.3. The number of halogens is 2. The van der Waals surface area contributed by atoms with Crippen LogP contribution < -0.4 is 16.4 Å². The van der Waals surface area contributed by atoms with E-state index in [-0.39, 0.29) is 55.2 Å². The van der Waals surface area contributed by atoms with Gasteiger partial charge in [0.1, 0.15) is 34.7 Å². The molecular weight excluding hydrogens is 753 g/mol. The van der Waals surface area contributed by atoms with Crippen molar-refractivity contribution in [2.45, 2.75) is 112 Å². The number of nitrogens with two attached hydrogens (primary N) is 1. The van der Waals surface area contributed by atoms with Crippen molar-refractivity contribution in [2.24, 2.45) is 11.7 Å². The zero-order valence-electron chi connectivity index (χ0n) is 29.9. The second-order valence-electron chi connectivity index (χ2n) is 14.7. The number of rotatable bonds is 13. The third-order valence-corrected chi connectivity index (χ3v) is 13.2. The van der Waals surface area contributed by atoms with Crippen molar-refractivity contribution in [1.29, 1.82) is 0 Å². The van der Waals surface area contributed by atoms with Crippen LogP contribution in [0.2, 0.25) is 0 Å². The monoisotopic (exact) mass is 797 g/mol. The molecule has 1 aliphatic carbocycles. The number of hydrogen-bond donors (Lipinski definition) is 4. The Balaban J connectivity index is 1.48. The van der Waals surface area contributed by atoms with Crippen molar-refractivity contribution >= 4 is 50.4 Å². The molecule has 3 aliphatic rings. The molecule has 3 fully saturated rings. The van der Waals surface area contributed by atoms with Crippen LogP contribution in [0.15, 0.2) is 35.4 Å². The second-order valence-corrected chi connectivity index (χ2v) is 18.3. The highest BCUT2D eigenvalue weighted by molar-refractivity contribution is 7.91. The summed E-state index contributed by atoms with van der Waals surface area (Å²) in [4.78, 5) is 68.4. The van der Waals surface area contributed by atoms with Gasteiger partial charge in [0.15, 0.2) is 0 Å². The molecule has 16 nitrogen and oxygen atoms in total. The number of benzene rings is 1. The molecule has 4 amide bonds. The molecule has 5 rings (SSSR count). The van der Waals surface area contributed by atoms with Crippen LogP contribution >= 0.6 is 0 Å². The average Bonchev–Trinajstić information content (AvgIpc) is 3.81. The lowest BCUT2D eigenvalue weighted by Crippen LogP contribution is -2.64. The second kappa shape index (κ2) is 16.4. The fraction of sp³-hybridized carbons (Fsp3) is 0.618. The highest BCUT2D eigenvalue weighted by Crippen LogP contribution is 2.35. The molecule has 2 aromatic rings. The number of amides is 4. The predicted molar refractivity (Wildman–Crippen MR) is 189 cm³/mol. The van der Waals surface area contributed by atoms with E-state index in [0.717, 1.165) is 56.4 Å². The van der Waals surface area contributed by atoms with E-state index in [4.69, 9.17) is 5.73 Å². The van der Waals surface area contributed by atoms with E-state index >= 15 is 0 Å². The summed E-state index contributed by atoms with van der Waals surface area (Å²) in [5, 5.41) is 24.3. The van der Waals surface area contributed by atoms with Gasteiger partial charge in [0.05, 0.1) is 22.8 Å². The lowest BCUT2D eigenvalue weighted by molar-refractivity contribution is -0.145. The smallest absolute Gasteiger partial charge is 0.341 e. The van der Waals surface area contributed by atoms with E-state index < -0.39 is 90.3 Å². The number of likely N-dealkylation sites (tertiary alicyclic amines) is 1. The highest BCUT2D eigenvalue weighted by Gasteiger charge is 2.51. The van der Waals surface area contributed by atoms with Gasteiger partial charge in [0, 0.05) is 31.4 Å². The number of alkyl halides is 2. The maximum atomic E-state index is 14.7. The van der Waals surface area contributed by atoms with Gasteiger partial charge in [0.25, 0.3) is 11.8 Å². The van der Waals surface area contributed by atoms with Crippen LogP contribution in [-0.4, -0.2) is 109 Å². The van der Waals surface area contributed by atoms with Gasteiger partial charge in [-0.3, -0.25) is 24.0 Å². The molecule has 3 atom stereocenters. The van der Waals surface area contributed by atoms with E-state index in [1.54, 1.807) is 0 Å². The van der Waals surface area contributed by atoms with E-state index in [1.165, 1.54) is 29.6 Å². The minimum absolute atomic E-state index is 0.0215. The number of carbonyl (C=O) groups excluding carboxylic acids is 5. The summed E-state index contributed by atoms with van der Waals surface area (Å²) in [5.41, 5.74) is 2.39. The topological polar surface area (TPSA) is 247 Å². The molecule has 20 heteroatoms. The Morgan fingerprint density at radius 3 is 2.30 bits per heavy atom. The van der Waals surface area contributed by atoms with Gasteiger partial charge in [-0.2, -0.15) is 8.78 Å². The molecule has 5 N–H and O–H groups in total. The Morgan fingerprint density at radius 2 is 1.72 bits per heavy atom. The fourth-order valence-electron chi connectivity index (χ4n) is 7.52. The molecule has 296 valence electrons. The molecular formula is C34H45F2N7O9S2. The van der Waals surface area contributed by atoms with Crippen LogP contribution in [0.4, 0.5) is 8.78 Å². The number of ketones is 1. The van der Waals surface area contributed by atoms with Crippen LogP contribution in [0.1, 0.15) is 93.7 Å². The van der Waals surface area contributed by atoms with Crippen molar-refractivity contribution in [3.8, 4) is 0 Å². The van der Waals surface area contributed by atoms with E-state index in [2.05, 4.69) is 20.9 Å². The van der Waals surface area contributed by atoms with Crippen LogP contribution in [0.5, 0.6) is 0 Å². The number of hydrogen-bond acceptors (Lipinski definition) is 11. The normalized spacial score (nSPS) is 24.6. The molecule has 0 bridgehead atoms. The molecule has 0 unspecified atom stereocenters. The Kier molecular flexibility index (Phi) is 12.5. The van der Waals surface area contributed by atoms with Crippen LogP contribution in [0.3, 0.4) is 0 Å². The minimum Gasteiger partial charge on any atom is -0.616 e. The molecule has 2 aliphatic heterocycles. The summed E-state index contributed by atoms with van der Waals surface area (Å²) < 4.78 is 63.7. The quantitative estimate of drug-likeness (QED) is 0.164. The third-order valence-electron chi connectivity index (χ3n) is 10.5. The van der Waals surface area contributed by atoms with Gasteiger partial charge in [-0.1, -0.05) is 48.5 Å². The highest BCUT2D eigenvalue weighted by atomic mass is 32.2. The number of carbonyl (C=O) groups is 5. The zero-order valence-corrected chi connectivity index (χ0v) is 31.5. The summed E-state index contributed by atoms with van der Waals surface area (Å²) in [7, 11) is -4.92. The Morgan fingerprint density at radius 1 is 1.09 bits per heavy atom. The first kappa shape index (κ1) is 41.2. The van der Waals surface area contributed by atoms with E-state index in [0.29, 0.717) is 5.69 Å². The minimum atomic E-state index is -4.92. The SMILES string of the molecule is CC(C)(O)c1cnnn1[C@H]1C[C@@H](C(=O)NC2(C(=O)C(N)=O)CC[S+]([O-])CC2)N(C(=O)[C@@H](CC2CCCCC2)NC(=O)c2ccc(S(=O)(=O)C(F)F)cc2)C1. The first-order valence-electron chi connectivity index (χ1n) is 17.7. The number of nitrogens with zero attached hydrogens (tertiary/aromatic N) is 4. The number of nitrogens with one attached hydrogen (secondary N) is 2. The number of primary amides is 1. The maximum absolute atomic E-state index is 14.7. The summed E-state index contributed by atoms with van der Waals surface area (Å²) in [6, 6.07) is 0.669. The number of aromatic nitrogens is 3. The first-order valence-corrected chi connectivity index (χ1v) is 20.7. The lowest BCUT2D eigenvalue weighted by atomic mass is 9.84. The number of sulfone groups is 1. The standard InChI is InChI=1S/C34H45F2N7O9S2/c1-33(2,49)26-18-38-41-43(26)22-17-25(30(47)40-34(27(44)28(37)45)12-14-53(50)15-13-34)42(19-22)31(48)24(16-20-6-4-3-5-7-20)39-29(46)21-8-10-23(11-9-21)54(51,52)32(35)36/h8-11,18,20,22,24-25,32,49H,3-7,12-17,19H2,1-2H3,(H2,37,45)(H,39,46)(H,40,47)/t22-,24+,25-,34?,53?/m0/s1. The number of aliphatic hydroxyl groups is 1. The third kappa shape index (κ3) is 8.92.